The number of carbonyl (C=O) groups excluding carboxylic acids is 1. The number of anilines is 1. The average Bonchev–Trinajstić information content (AvgIpc) is 2.69. The highest BCUT2D eigenvalue weighted by atomic mass is 32.2. The van der Waals surface area contributed by atoms with Crippen LogP contribution in [0.3, 0.4) is 0 Å². The fourth-order valence-corrected chi connectivity index (χ4v) is 4.01. The minimum absolute atomic E-state index is 0.00251. The van der Waals surface area contributed by atoms with Crippen molar-refractivity contribution in [1.82, 2.24) is 5.32 Å². The molecule has 1 aliphatic heterocycles. The summed E-state index contributed by atoms with van der Waals surface area (Å²) in [5.74, 6) is -0.520. The first kappa shape index (κ1) is 14.9. The van der Waals surface area contributed by atoms with Gasteiger partial charge < -0.3 is 10.6 Å². The van der Waals surface area contributed by atoms with Crippen LogP contribution in [-0.4, -0.2) is 38.4 Å². The molecule has 1 saturated heterocycles. The molecule has 0 spiro atoms. The molecule has 0 aliphatic carbocycles. The van der Waals surface area contributed by atoms with E-state index in [1.54, 1.807) is 6.07 Å². The first-order valence-corrected chi connectivity index (χ1v) is 8.16. The summed E-state index contributed by atoms with van der Waals surface area (Å²) in [6, 6.07) is 5.60. The highest BCUT2D eigenvalue weighted by molar-refractivity contribution is 7.92. The summed E-state index contributed by atoms with van der Waals surface area (Å²) in [6.45, 7) is 0.279. The van der Waals surface area contributed by atoms with Crippen molar-refractivity contribution < 1.29 is 17.6 Å². The Kier molecular flexibility index (Phi) is 4.72. The van der Waals surface area contributed by atoms with Crippen molar-refractivity contribution in [2.45, 2.75) is 18.1 Å². The van der Waals surface area contributed by atoms with E-state index in [4.69, 9.17) is 0 Å². The van der Waals surface area contributed by atoms with Crippen LogP contribution in [0.15, 0.2) is 24.3 Å². The van der Waals surface area contributed by atoms with E-state index < -0.39 is 20.9 Å². The molecule has 0 aromatic heterocycles. The van der Waals surface area contributed by atoms with Gasteiger partial charge >= 0.3 is 0 Å². The molecule has 1 unspecified atom stereocenters. The summed E-state index contributed by atoms with van der Waals surface area (Å²) in [4.78, 5) is 11.6. The summed E-state index contributed by atoms with van der Waals surface area (Å²) < 4.78 is 36.1. The molecule has 0 saturated carbocycles. The zero-order valence-electron chi connectivity index (χ0n) is 10.9. The van der Waals surface area contributed by atoms with E-state index in [0.717, 1.165) is 0 Å². The van der Waals surface area contributed by atoms with Crippen LogP contribution in [0.1, 0.15) is 12.8 Å². The summed E-state index contributed by atoms with van der Waals surface area (Å²) in [5, 5.41) is 4.97. The third-order valence-corrected chi connectivity index (χ3v) is 5.50. The van der Waals surface area contributed by atoms with Gasteiger partial charge in [-0.2, -0.15) is 0 Å². The van der Waals surface area contributed by atoms with Gasteiger partial charge in [-0.05, 0) is 31.0 Å². The van der Waals surface area contributed by atoms with Crippen molar-refractivity contribution in [3.05, 3.63) is 30.1 Å². The predicted molar refractivity (Wildman–Crippen MR) is 74.7 cm³/mol. The van der Waals surface area contributed by atoms with Gasteiger partial charge in [-0.15, -0.1) is 0 Å². The van der Waals surface area contributed by atoms with Gasteiger partial charge in [-0.3, -0.25) is 4.79 Å². The van der Waals surface area contributed by atoms with E-state index in [1.165, 1.54) is 18.2 Å². The smallest absolute Gasteiger partial charge is 0.238 e. The van der Waals surface area contributed by atoms with E-state index in [1.807, 2.05) is 0 Å². The Balaban J connectivity index is 1.76. The molecule has 0 radical (unpaired) electrons. The number of halogens is 1. The van der Waals surface area contributed by atoms with Crippen LogP contribution < -0.4 is 10.6 Å². The van der Waals surface area contributed by atoms with Gasteiger partial charge in [-0.1, -0.05) is 6.07 Å². The molecule has 7 heteroatoms. The van der Waals surface area contributed by atoms with E-state index in [9.17, 15) is 17.6 Å². The van der Waals surface area contributed by atoms with Crippen LogP contribution in [-0.2, 0) is 14.6 Å². The number of nitrogens with one attached hydrogen (secondary N) is 2. The minimum atomic E-state index is -2.99. The molecule has 20 heavy (non-hydrogen) atoms. The van der Waals surface area contributed by atoms with Crippen molar-refractivity contribution in [3.8, 4) is 0 Å². The fraction of sp³-hybridized carbons (Fsp3) is 0.462. The van der Waals surface area contributed by atoms with E-state index >= 15 is 0 Å². The lowest BCUT2D eigenvalue weighted by Gasteiger charge is -2.11. The molecule has 1 atom stereocenters. The van der Waals surface area contributed by atoms with Crippen molar-refractivity contribution in [3.63, 3.8) is 0 Å². The number of benzene rings is 1. The number of sulfone groups is 1. The zero-order valence-corrected chi connectivity index (χ0v) is 11.7. The molecule has 2 rings (SSSR count). The first-order chi connectivity index (χ1) is 9.47. The van der Waals surface area contributed by atoms with Crippen LogP contribution in [0.4, 0.5) is 10.1 Å². The largest absolute Gasteiger partial charge is 0.325 e. The molecule has 1 aromatic rings. The van der Waals surface area contributed by atoms with Gasteiger partial charge in [0.25, 0.3) is 0 Å². The van der Waals surface area contributed by atoms with E-state index in [-0.39, 0.29) is 24.7 Å². The number of rotatable bonds is 5. The van der Waals surface area contributed by atoms with Gasteiger partial charge in [0.1, 0.15) is 5.82 Å². The zero-order chi connectivity index (χ0) is 14.6. The highest BCUT2D eigenvalue weighted by Crippen LogP contribution is 2.18. The Morgan fingerprint density at radius 2 is 2.20 bits per heavy atom. The molecule has 1 aromatic carbocycles. The molecule has 110 valence electrons. The maximum atomic E-state index is 12.9. The van der Waals surface area contributed by atoms with Crippen LogP contribution in [0, 0.1) is 5.82 Å². The van der Waals surface area contributed by atoms with E-state index in [0.29, 0.717) is 18.5 Å². The summed E-state index contributed by atoms with van der Waals surface area (Å²) >= 11 is 0. The first-order valence-electron chi connectivity index (χ1n) is 6.45. The van der Waals surface area contributed by atoms with Crippen molar-refractivity contribution in [1.29, 1.82) is 0 Å². The molecule has 1 aliphatic rings. The van der Waals surface area contributed by atoms with Gasteiger partial charge in [0.05, 0.1) is 17.5 Å². The molecule has 1 fully saturated rings. The van der Waals surface area contributed by atoms with Crippen LogP contribution in [0.2, 0.25) is 0 Å². The van der Waals surface area contributed by atoms with Gasteiger partial charge in [0.2, 0.25) is 5.91 Å². The molecule has 1 amide bonds. The van der Waals surface area contributed by atoms with Gasteiger partial charge in [-0.25, -0.2) is 12.8 Å². The predicted octanol–water partition coefficient (Wildman–Crippen LogP) is 0.931. The Labute approximate surface area is 117 Å². The lowest BCUT2D eigenvalue weighted by atomic mass is 10.2. The lowest BCUT2D eigenvalue weighted by molar-refractivity contribution is -0.115. The summed E-state index contributed by atoms with van der Waals surface area (Å²) in [7, 11) is -2.99. The van der Waals surface area contributed by atoms with Crippen LogP contribution in [0.5, 0.6) is 0 Å². The standard InChI is InChI=1S/C13H17FN2O3S/c14-10-3-1-4-11(7-10)16-13(17)9-15-8-12-5-2-6-20(12,18)19/h1,3-4,7,12,15H,2,5-6,8-9H2,(H,16,17). The Bertz CT molecular complexity index is 589. The van der Waals surface area contributed by atoms with Crippen LogP contribution >= 0.6 is 0 Å². The fourth-order valence-electron chi connectivity index (χ4n) is 2.21. The Morgan fingerprint density at radius 3 is 2.85 bits per heavy atom. The monoisotopic (exact) mass is 300 g/mol. The number of hydrogen-bond donors (Lipinski definition) is 2. The second kappa shape index (κ2) is 6.32. The second-order valence-electron chi connectivity index (χ2n) is 4.82. The maximum absolute atomic E-state index is 12.9. The number of amides is 1. The SMILES string of the molecule is O=C(CNCC1CCCS1(=O)=O)Nc1cccc(F)c1. The topological polar surface area (TPSA) is 75.3 Å². The minimum Gasteiger partial charge on any atom is -0.325 e. The van der Waals surface area contributed by atoms with Gasteiger partial charge in [0, 0.05) is 12.2 Å². The summed E-state index contributed by atoms with van der Waals surface area (Å²) in [6.07, 6.45) is 1.32. The molecule has 0 bridgehead atoms. The molecular formula is C13H17FN2O3S. The molecule has 2 N–H and O–H groups in total. The quantitative estimate of drug-likeness (QED) is 0.848. The normalized spacial score (nSPS) is 20.8. The Morgan fingerprint density at radius 1 is 1.40 bits per heavy atom. The van der Waals surface area contributed by atoms with Crippen molar-refractivity contribution >= 4 is 21.4 Å². The number of carbonyl (C=O) groups is 1. The van der Waals surface area contributed by atoms with Gasteiger partial charge in [0.15, 0.2) is 9.84 Å². The van der Waals surface area contributed by atoms with Crippen molar-refractivity contribution in [2.24, 2.45) is 0 Å². The summed E-state index contributed by atoms with van der Waals surface area (Å²) in [5.41, 5.74) is 0.380. The lowest BCUT2D eigenvalue weighted by Crippen LogP contribution is -2.35. The maximum Gasteiger partial charge on any atom is 0.238 e. The highest BCUT2D eigenvalue weighted by Gasteiger charge is 2.30. The van der Waals surface area contributed by atoms with E-state index in [2.05, 4.69) is 10.6 Å². The van der Waals surface area contributed by atoms with Crippen molar-refractivity contribution in [2.75, 3.05) is 24.2 Å². The third-order valence-electron chi connectivity index (χ3n) is 3.23. The molecular weight excluding hydrogens is 283 g/mol. The number of hydrogen-bond acceptors (Lipinski definition) is 4. The Hall–Kier alpha value is -1.47. The second-order valence-corrected chi connectivity index (χ2v) is 7.22. The van der Waals surface area contributed by atoms with Crippen LogP contribution in [0.25, 0.3) is 0 Å². The third kappa shape index (κ3) is 4.01. The molecule has 1 heterocycles. The molecule has 5 nitrogen and oxygen atoms in total. The average molecular weight is 300 g/mol.